The number of carbonyl (C=O) groups excluding carboxylic acids is 1. The summed E-state index contributed by atoms with van der Waals surface area (Å²) in [5.41, 5.74) is 2.29. The monoisotopic (exact) mass is 343 g/mol. The van der Waals surface area contributed by atoms with Gasteiger partial charge in [0.1, 0.15) is 5.69 Å². The number of hydrogen-bond donors (Lipinski definition) is 1. The normalized spacial score (nSPS) is 18.4. The first-order valence-corrected chi connectivity index (χ1v) is 8.64. The van der Waals surface area contributed by atoms with Gasteiger partial charge < -0.3 is 9.64 Å². The van der Waals surface area contributed by atoms with Crippen molar-refractivity contribution in [3.63, 3.8) is 0 Å². The van der Waals surface area contributed by atoms with Crippen molar-refractivity contribution in [3.8, 4) is 0 Å². The Morgan fingerprint density at radius 2 is 2.24 bits per heavy atom. The second-order valence-corrected chi connectivity index (χ2v) is 7.38. The SMILES string of the molecule is CC(C)(C)c1cc(C(=O)N2CCOC[C@H]2CCc2cnccn2)n[nH]1. The summed E-state index contributed by atoms with van der Waals surface area (Å²) in [6.07, 6.45) is 6.67. The zero-order valence-corrected chi connectivity index (χ0v) is 15.0. The lowest BCUT2D eigenvalue weighted by Gasteiger charge is -2.35. The van der Waals surface area contributed by atoms with Gasteiger partial charge in [0.25, 0.3) is 5.91 Å². The number of nitrogens with zero attached hydrogens (tertiary/aromatic N) is 4. The summed E-state index contributed by atoms with van der Waals surface area (Å²) >= 11 is 0. The highest BCUT2D eigenvalue weighted by Gasteiger charge is 2.30. The predicted molar refractivity (Wildman–Crippen MR) is 93.3 cm³/mol. The molecule has 0 aliphatic carbocycles. The highest BCUT2D eigenvalue weighted by atomic mass is 16.5. The first-order valence-electron chi connectivity index (χ1n) is 8.64. The molecule has 1 amide bonds. The van der Waals surface area contributed by atoms with E-state index in [9.17, 15) is 4.79 Å². The third-order valence-electron chi connectivity index (χ3n) is 4.44. The summed E-state index contributed by atoms with van der Waals surface area (Å²) in [6, 6.07) is 1.88. The summed E-state index contributed by atoms with van der Waals surface area (Å²) in [7, 11) is 0. The Morgan fingerprint density at radius 1 is 1.40 bits per heavy atom. The standard InChI is InChI=1S/C18H25N5O2/c1-18(2,3)16-10-15(21-22-16)17(24)23-8-9-25-12-14(23)5-4-13-11-19-6-7-20-13/h6-7,10-11,14H,4-5,8-9,12H2,1-3H3,(H,21,22)/t14-/m1/s1. The molecule has 1 N–H and O–H groups in total. The fourth-order valence-electron chi connectivity index (χ4n) is 2.90. The molecule has 0 radical (unpaired) electrons. The van der Waals surface area contributed by atoms with E-state index in [1.165, 1.54) is 0 Å². The van der Waals surface area contributed by atoms with E-state index in [-0.39, 0.29) is 17.4 Å². The highest BCUT2D eigenvalue weighted by Crippen LogP contribution is 2.22. The van der Waals surface area contributed by atoms with E-state index in [0.29, 0.717) is 25.5 Å². The van der Waals surface area contributed by atoms with Crippen molar-refractivity contribution in [2.45, 2.75) is 45.1 Å². The van der Waals surface area contributed by atoms with E-state index in [0.717, 1.165) is 24.2 Å². The predicted octanol–water partition coefficient (Wildman–Crippen LogP) is 1.97. The number of aromatic amines is 1. The van der Waals surface area contributed by atoms with Gasteiger partial charge in [-0.1, -0.05) is 20.8 Å². The van der Waals surface area contributed by atoms with Gasteiger partial charge in [-0.25, -0.2) is 0 Å². The van der Waals surface area contributed by atoms with Gasteiger partial charge in [0.2, 0.25) is 0 Å². The maximum atomic E-state index is 12.9. The Balaban J connectivity index is 1.69. The molecular weight excluding hydrogens is 318 g/mol. The lowest BCUT2D eigenvalue weighted by molar-refractivity contribution is -0.00443. The number of morpholine rings is 1. The maximum absolute atomic E-state index is 12.9. The molecule has 7 heteroatoms. The summed E-state index contributed by atoms with van der Waals surface area (Å²) in [4.78, 5) is 23.2. The van der Waals surface area contributed by atoms with Gasteiger partial charge in [-0.3, -0.25) is 19.9 Å². The van der Waals surface area contributed by atoms with Gasteiger partial charge in [0.05, 0.1) is 24.9 Å². The average Bonchev–Trinajstić information content (AvgIpc) is 3.11. The van der Waals surface area contributed by atoms with Crippen molar-refractivity contribution in [2.24, 2.45) is 0 Å². The molecule has 134 valence electrons. The zero-order valence-electron chi connectivity index (χ0n) is 15.0. The van der Waals surface area contributed by atoms with Crippen molar-refractivity contribution < 1.29 is 9.53 Å². The summed E-state index contributed by atoms with van der Waals surface area (Å²) in [5.74, 6) is -0.0424. The maximum Gasteiger partial charge on any atom is 0.274 e. The number of aryl methyl sites for hydroxylation is 1. The minimum atomic E-state index is -0.0675. The third-order valence-corrected chi connectivity index (χ3v) is 4.44. The molecule has 0 unspecified atom stereocenters. The van der Waals surface area contributed by atoms with Crippen molar-refractivity contribution in [2.75, 3.05) is 19.8 Å². The van der Waals surface area contributed by atoms with Crippen LogP contribution in [-0.4, -0.2) is 56.8 Å². The summed E-state index contributed by atoms with van der Waals surface area (Å²) in [5, 5.41) is 7.22. The highest BCUT2D eigenvalue weighted by molar-refractivity contribution is 5.92. The molecule has 3 rings (SSSR count). The van der Waals surface area contributed by atoms with Gasteiger partial charge in [0.15, 0.2) is 0 Å². The van der Waals surface area contributed by atoms with Crippen LogP contribution in [0.15, 0.2) is 24.7 Å². The van der Waals surface area contributed by atoms with Crippen molar-refractivity contribution in [3.05, 3.63) is 41.7 Å². The van der Waals surface area contributed by atoms with Crippen molar-refractivity contribution >= 4 is 5.91 Å². The number of nitrogens with one attached hydrogen (secondary N) is 1. The largest absolute Gasteiger partial charge is 0.377 e. The van der Waals surface area contributed by atoms with Gasteiger partial charge in [-0.05, 0) is 18.9 Å². The van der Waals surface area contributed by atoms with Crippen LogP contribution in [0.5, 0.6) is 0 Å². The molecule has 3 heterocycles. The summed E-state index contributed by atoms with van der Waals surface area (Å²) in [6.45, 7) is 7.96. The van der Waals surface area contributed by atoms with Gasteiger partial charge in [-0.2, -0.15) is 5.10 Å². The van der Waals surface area contributed by atoms with E-state index in [2.05, 4.69) is 40.9 Å². The Kier molecular flexibility index (Phi) is 5.13. The molecule has 1 saturated heterocycles. The van der Waals surface area contributed by atoms with Gasteiger partial charge >= 0.3 is 0 Å². The van der Waals surface area contributed by atoms with E-state index < -0.39 is 0 Å². The molecule has 0 saturated carbocycles. The lowest BCUT2D eigenvalue weighted by atomic mass is 9.92. The Labute approximate surface area is 147 Å². The van der Waals surface area contributed by atoms with Crippen LogP contribution >= 0.6 is 0 Å². The van der Waals surface area contributed by atoms with Gasteiger partial charge in [-0.15, -0.1) is 0 Å². The molecule has 2 aromatic rings. The quantitative estimate of drug-likeness (QED) is 0.917. The van der Waals surface area contributed by atoms with Crippen LogP contribution in [0, 0.1) is 0 Å². The molecule has 0 spiro atoms. The minimum Gasteiger partial charge on any atom is -0.377 e. The van der Waals surface area contributed by atoms with Crippen LogP contribution in [0.3, 0.4) is 0 Å². The number of aromatic nitrogens is 4. The molecule has 7 nitrogen and oxygen atoms in total. The number of amides is 1. The van der Waals surface area contributed by atoms with Crippen LogP contribution in [0.4, 0.5) is 0 Å². The van der Waals surface area contributed by atoms with Crippen LogP contribution in [-0.2, 0) is 16.6 Å². The zero-order chi connectivity index (χ0) is 17.9. The Morgan fingerprint density at radius 3 is 2.92 bits per heavy atom. The van der Waals surface area contributed by atoms with E-state index in [4.69, 9.17) is 4.74 Å². The number of carbonyl (C=O) groups is 1. The topological polar surface area (TPSA) is 84.0 Å². The first kappa shape index (κ1) is 17.5. The molecule has 1 fully saturated rings. The lowest BCUT2D eigenvalue weighted by Crippen LogP contribution is -2.49. The van der Waals surface area contributed by atoms with Crippen LogP contribution in [0.25, 0.3) is 0 Å². The van der Waals surface area contributed by atoms with Crippen LogP contribution in [0.1, 0.15) is 49.1 Å². The number of hydrogen-bond acceptors (Lipinski definition) is 5. The smallest absolute Gasteiger partial charge is 0.274 e. The first-order chi connectivity index (χ1) is 11.9. The average molecular weight is 343 g/mol. The molecule has 0 bridgehead atoms. The molecule has 25 heavy (non-hydrogen) atoms. The minimum absolute atomic E-state index is 0.0260. The molecule has 2 aromatic heterocycles. The molecule has 1 aliphatic heterocycles. The van der Waals surface area contributed by atoms with Crippen LogP contribution in [0.2, 0.25) is 0 Å². The molecule has 0 aromatic carbocycles. The van der Waals surface area contributed by atoms with E-state index in [1.807, 2.05) is 11.0 Å². The molecular formula is C18H25N5O2. The number of H-pyrrole nitrogens is 1. The third kappa shape index (κ3) is 4.22. The van der Waals surface area contributed by atoms with Crippen molar-refractivity contribution in [1.29, 1.82) is 0 Å². The molecule has 1 aliphatic rings. The summed E-state index contributed by atoms with van der Waals surface area (Å²) < 4.78 is 5.59. The second-order valence-electron chi connectivity index (χ2n) is 7.38. The molecule has 1 atom stereocenters. The van der Waals surface area contributed by atoms with Gasteiger partial charge in [0, 0.05) is 36.2 Å². The number of ether oxygens (including phenoxy) is 1. The second kappa shape index (κ2) is 7.31. The Bertz CT molecular complexity index is 708. The fourth-order valence-corrected chi connectivity index (χ4v) is 2.90. The van der Waals surface area contributed by atoms with Crippen molar-refractivity contribution in [1.82, 2.24) is 25.1 Å². The number of rotatable bonds is 4. The van der Waals surface area contributed by atoms with E-state index >= 15 is 0 Å². The van der Waals surface area contributed by atoms with E-state index in [1.54, 1.807) is 18.6 Å². The fraction of sp³-hybridized carbons (Fsp3) is 0.556. The van der Waals surface area contributed by atoms with Crippen LogP contribution < -0.4 is 0 Å². The Hall–Kier alpha value is -2.28.